The fourth-order valence-electron chi connectivity index (χ4n) is 2.72. The summed E-state index contributed by atoms with van der Waals surface area (Å²) in [6, 6.07) is 11.0. The maximum absolute atomic E-state index is 12.3. The minimum atomic E-state index is -0.0613. The number of halogens is 2. The number of nitrogens with zero attached hydrogens (tertiary/aromatic N) is 2. The topological polar surface area (TPSA) is 57.3 Å². The minimum Gasteiger partial charge on any atom is -0.354 e. The average molecular weight is 365 g/mol. The summed E-state index contributed by atoms with van der Waals surface area (Å²) in [5.41, 5.74) is 0.645. The molecule has 2 heterocycles. The number of hydrogen-bond acceptors (Lipinski definition) is 4. The van der Waals surface area contributed by atoms with Crippen molar-refractivity contribution in [3.05, 3.63) is 52.6 Å². The Morgan fingerprint density at radius 3 is 2.92 bits per heavy atom. The third kappa shape index (κ3) is 4.38. The van der Waals surface area contributed by atoms with Gasteiger partial charge in [-0.2, -0.15) is 0 Å². The Morgan fingerprint density at radius 2 is 2.17 bits per heavy atom. The summed E-state index contributed by atoms with van der Waals surface area (Å²) in [6.07, 6.45) is 2.16. The Labute approximate surface area is 151 Å². The number of pyridine rings is 1. The highest BCUT2D eigenvalue weighted by molar-refractivity contribution is 6.42. The maximum atomic E-state index is 12.3. The molecule has 24 heavy (non-hydrogen) atoms. The number of aromatic nitrogens is 1. The van der Waals surface area contributed by atoms with E-state index in [9.17, 15) is 4.79 Å². The second-order valence-electron chi connectivity index (χ2n) is 5.67. The van der Waals surface area contributed by atoms with Crippen LogP contribution in [-0.4, -0.2) is 36.6 Å². The van der Waals surface area contributed by atoms with Gasteiger partial charge in [-0.3, -0.25) is 4.79 Å². The van der Waals surface area contributed by atoms with Crippen molar-refractivity contribution in [3.63, 3.8) is 0 Å². The number of hydrogen-bond donors (Lipinski definition) is 2. The molecule has 7 heteroatoms. The summed E-state index contributed by atoms with van der Waals surface area (Å²) in [7, 11) is 0. The van der Waals surface area contributed by atoms with E-state index in [1.807, 2.05) is 18.2 Å². The Balaban J connectivity index is 1.57. The van der Waals surface area contributed by atoms with Crippen LogP contribution < -0.4 is 15.5 Å². The first kappa shape index (κ1) is 17.0. The molecule has 0 aliphatic carbocycles. The SMILES string of the molecule is O=C(CC1CN(c2ccccn2)CCN1)Nc1ccc(Cl)c(Cl)c1. The van der Waals surface area contributed by atoms with Gasteiger partial charge >= 0.3 is 0 Å². The highest BCUT2D eigenvalue weighted by Crippen LogP contribution is 2.25. The zero-order chi connectivity index (χ0) is 16.9. The van der Waals surface area contributed by atoms with Crippen LogP contribution in [0.3, 0.4) is 0 Å². The van der Waals surface area contributed by atoms with Crippen molar-refractivity contribution in [2.75, 3.05) is 29.9 Å². The fourth-order valence-corrected chi connectivity index (χ4v) is 3.02. The highest BCUT2D eigenvalue weighted by Gasteiger charge is 2.22. The van der Waals surface area contributed by atoms with Crippen molar-refractivity contribution in [2.24, 2.45) is 0 Å². The van der Waals surface area contributed by atoms with Crippen LogP contribution in [-0.2, 0) is 4.79 Å². The predicted octanol–water partition coefficient (Wildman–Crippen LogP) is 3.20. The molecule has 0 spiro atoms. The van der Waals surface area contributed by atoms with Gasteiger partial charge in [0, 0.05) is 44.0 Å². The third-order valence-electron chi connectivity index (χ3n) is 3.86. The highest BCUT2D eigenvalue weighted by atomic mass is 35.5. The van der Waals surface area contributed by atoms with E-state index in [4.69, 9.17) is 23.2 Å². The van der Waals surface area contributed by atoms with Gasteiger partial charge in [-0.15, -0.1) is 0 Å². The van der Waals surface area contributed by atoms with Crippen molar-refractivity contribution in [3.8, 4) is 0 Å². The number of carbonyl (C=O) groups excluding carboxylic acids is 1. The number of amides is 1. The average Bonchev–Trinajstić information content (AvgIpc) is 2.59. The van der Waals surface area contributed by atoms with Crippen LogP contribution in [0, 0.1) is 0 Å². The van der Waals surface area contributed by atoms with Crippen LogP contribution in [0.25, 0.3) is 0 Å². The maximum Gasteiger partial charge on any atom is 0.226 e. The molecule has 5 nitrogen and oxygen atoms in total. The third-order valence-corrected chi connectivity index (χ3v) is 4.60. The number of benzene rings is 1. The van der Waals surface area contributed by atoms with Gasteiger partial charge in [0.15, 0.2) is 0 Å². The smallest absolute Gasteiger partial charge is 0.226 e. The normalized spacial score (nSPS) is 17.6. The van der Waals surface area contributed by atoms with E-state index in [1.54, 1.807) is 24.4 Å². The number of piperazine rings is 1. The van der Waals surface area contributed by atoms with E-state index in [0.29, 0.717) is 22.2 Å². The quantitative estimate of drug-likeness (QED) is 0.874. The number of rotatable bonds is 4. The van der Waals surface area contributed by atoms with Gasteiger partial charge in [-0.1, -0.05) is 29.3 Å². The molecule has 126 valence electrons. The van der Waals surface area contributed by atoms with Crippen molar-refractivity contribution in [1.82, 2.24) is 10.3 Å². The lowest BCUT2D eigenvalue weighted by molar-refractivity contribution is -0.116. The van der Waals surface area contributed by atoms with E-state index in [1.165, 1.54) is 0 Å². The van der Waals surface area contributed by atoms with E-state index in [-0.39, 0.29) is 11.9 Å². The van der Waals surface area contributed by atoms with Gasteiger partial charge in [0.05, 0.1) is 10.0 Å². The largest absolute Gasteiger partial charge is 0.354 e. The van der Waals surface area contributed by atoms with Crippen LogP contribution in [0.5, 0.6) is 0 Å². The molecule has 0 saturated carbocycles. The lowest BCUT2D eigenvalue weighted by Gasteiger charge is -2.34. The molecule has 1 saturated heterocycles. The van der Waals surface area contributed by atoms with Crippen molar-refractivity contribution >= 4 is 40.6 Å². The number of nitrogens with one attached hydrogen (secondary N) is 2. The first-order chi connectivity index (χ1) is 11.6. The van der Waals surface area contributed by atoms with Crippen LogP contribution in [0.15, 0.2) is 42.6 Å². The standard InChI is InChI=1S/C17H18Cl2N4O/c18-14-5-4-12(9-15(14)19)22-17(24)10-13-11-23(8-7-20-13)16-3-1-2-6-21-16/h1-6,9,13,20H,7-8,10-11H2,(H,22,24). The van der Waals surface area contributed by atoms with Gasteiger partial charge < -0.3 is 15.5 Å². The van der Waals surface area contributed by atoms with Crippen LogP contribution >= 0.6 is 23.2 Å². The second kappa shape index (κ2) is 7.83. The Hall–Kier alpha value is -1.82. The van der Waals surface area contributed by atoms with Gasteiger partial charge in [0.1, 0.15) is 5.82 Å². The molecule has 3 rings (SSSR count). The van der Waals surface area contributed by atoms with E-state index >= 15 is 0 Å². The van der Waals surface area contributed by atoms with E-state index < -0.39 is 0 Å². The van der Waals surface area contributed by atoms with Crippen molar-refractivity contribution in [1.29, 1.82) is 0 Å². The zero-order valence-corrected chi connectivity index (χ0v) is 14.5. The summed E-state index contributed by atoms with van der Waals surface area (Å²) in [6.45, 7) is 2.44. The molecule has 1 unspecified atom stereocenters. The molecule has 2 N–H and O–H groups in total. The predicted molar refractivity (Wildman–Crippen MR) is 97.9 cm³/mol. The molecular formula is C17H18Cl2N4O. The molecular weight excluding hydrogens is 347 g/mol. The van der Waals surface area contributed by atoms with E-state index in [0.717, 1.165) is 25.5 Å². The number of anilines is 2. The monoisotopic (exact) mass is 364 g/mol. The Morgan fingerprint density at radius 1 is 1.29 bits per heavy atom. The summed E-state index contributed by atoms with van der Waals surface area (Å²) < 4.78 is 0. The van der Waals surface area contributed by atoms with Crippen LogP contribution in [0.1, 0.15) is 6.42 Å². The molecule has 2 aromatic rings. The van der Waals surface area contributed by atoms with Gasteiger partial charge in [0.25, 0.3) is 0 Å². The van der Waals surface area contributed by atoms with Crippen molar-refractivity contribution < 1.29 is 4.79 Å². The lowest BCUT2D eigenvalue weighted by atomic mass is 10.1. The van der Waals surface area contributed by atoms with Gasteiger partial charge in [-0.05, 0) is 30.3 Å². The molecule has 1 aromatic heterocycles. The Bertz CT molecular complexity index is 711. The fraction of sp³-hybridized carbons (Fsp3) is 0.294. The lowest BCUT2D eigenvalue weighted by Crippen LogP contribution is -2.52. The van der Waals surface area contributed by atoms with E-state index in [2.05, 4.69) is 20.5 Å². The molecule has 1 fully saturated rings. The van der Waals surface area contributed by atoms with Crippen molar-refractivity contribution in [2.45, 2.75) is 12.5 Å². The molecule has 1 aromatic carbocycles. The second-order valence-corrected chi connectivity index (χ2v) is 6.48. The molecule has 1 aliphatic rings. The number of carbonyl (C=O) groups is 1. The summed E-state index contributed by atoms with van der Waals surface area (Å²) in [4.78, 5) is 18.8. The summed E-state index contributed by atoms with van der Waals surface area (Å²) in [5, 5.41) is 7.12. The van der Waals surface area contributed by atoms with Crippen LogP contribution in [0.4, 0.5) is 11.5 Å². The summed E-state index contributed by atoms with van der Waals surface area (Å²) in [5.74, 6) is 0.877. The van der Waals surface area contributed by atoms with Gasteiger partial charge in [-0.25, -0.2) is 4.98 Å². The molecule has 1 atom stereocenters. The summed E-state index contributed by atoms with van der Waals surface area (Å²) >= 11 is 11.8. The van der Waals surface area contributed by atoms with Crippen LogP contribution in [0.2, 0.25) is 10.0 Å². The molecule has 0 bridgehead atoms. The first-order valence-corrected chi connectivity index (χ1v) is 8.51. The molecule has 1 aliphatic heterocycles. The van der Waals surface area contributed by atoms with Gasteiger partial charge in [0.2, 0.25) is 5.91 Å². The Kier molecular flexibility index (Phi) is 5.56. The molecule has 1 amide bonds. The zero-order valence-electron chi connectivity index (χ0n) is 13.0. The first-order valence-electron chi connectivity index (χ1n) is 7.76. The minimum absolute atomic E-state index is 0.0613. The molecule has 0 radical (unpaired) electrons.